The minimum Gasteiger partial charge on any atom is -0.497 e. The Labute approximate surface area is 127 Å². The van der Waals surface area contributed by atoms with E-state index in [-0.39, 0.29) is 5.84 Å². The maximum atomic E-state index is 8.75. The lowest BCUT2D eigenvalue weighted by molar-refractivity contribution is 0.303. The van der Waals surface area contributed by atoms with Gasteiger partial charge in [-0.1, -0.05) is 35.0 Å². The van der Waals surface area contributed by atoms with Crippen LogP contribution in [0.5, 0.6) is 11.5 Å². The van der Waals surface area contributed by atoms with Crippen molar-refractivity contribution < 1.29 is 14.7 Å². The molecule has 0 aliphatic rings. The third-order valence-electron chi connectivity index (χ3n) is 2.87. The smallest absolute Gasteiger partial charge is 0.170 e. The Morgan fingerprint density at radius 3 is 2.62 bits per heavy atom. The van der Waals surface area contributed by atoms with Crippen LogP contribution >= 0.6 is 11.6 Å². The Bertz CT molecular complexity index is 659. The molecule has 0 saturated heterocycles. The third kappa shape index (κ3) is 3.79. The predicted octanol–water partition coefficient (Wildman–Crippen LogP) is 3.02. The summed E-state index contributed by atoms with van der Waals surface area (Å²) < 4.78 is 10.9. The molecule has 0 aliphatic heterocycles. The molecule has 0 saturated carbocycles. The molecule has 2 rings (SSSR count). The first-order valence-electron chi connectivity index (χ1n) is 6.17. The highest BCUT2D eigenvalue weighted by Gasteiger charge is 2.07. The lowest BCUT2D eigenvalue weighted by Crippen LogP contribution is -2.13. The van der Waals surface area contributed by atoms with Crippen molar-refractivity contribution in [2.75, 3.05) is 7.11 Å². The number of oxime groups is 1. The van der Waals surface area contributed by atoms with Gasteiger partial charge >= 0.3 is 0 Å². The Kier molecular flexibility index (Phi) is 4.90. The molecule has 0 heterocycles. The van der Waals surface area contributed by atoms with Gasteiger partial charge in [0.15, 0.2) is 5.84 Å². The van der Waals surface area contributed by atoms with Crippen LogP contribution in [0.1, 0.15) is 11.1 Å². The van der Waals surface area contributed by atoms with Crippen LogP contribution in [-0.4, -0.2) is 18.2 Å². The minimum absolute atomic E-state index is 0.0171. The van der Waals surface area contributed by atoms with Crippen LogP contribution < -0.4 is 15.2 Å². The van der Waals surface area contributed by atoms with Crippen molar-refractivity contribution in [2.24, 2.45) is 10.9 Å². The largest absolute Gasteiger partial charge is 0.497 e. The summed E-state index contributed by atoms with van der Waals surface area (Å²) in [6.07, 6.45) is 0. The first-order valence-corrected chi connectivity index (χ1v) is 6.55. The zero-order valence-corrected chi connectivity index (χ0v) is 12.2. The Morgan fingerprint density at radius 2 is 1.95 bits per heavy atom. The van der Waals surface area contributed by atoms with Gasteiger partial charge in [0, 0.05) is 22.2 Å². The van der Waals surface area contributed by atoms with Gasteiger partial charge in [-0.05, 0) is 18.2 Å². The molecule has 0 aliphatic carbocycles. The van der Waals surface area contributed by atoms with Gasteiger partial charge in [-0.3, -0.25) is 0 Å². The topological polar surface area (TPSA) is 77.1 Å². The molecule has 5 nitrogen and oxygen atoms in total. The zero-order valence-electron chi connectivity index (χ0n) is 11.4. The second-order valence-electron chi connectivity index (χ2n) is 4.26. The molecule has 0 amide bonds. The zero-order chi connectivity index (χ0) is 15.2. The normalized spacial score (nSPS) is 11.2. The van der Waals surface area contributed by atoms with E-state index in [0.717, 1.165) is 5.56 Å². The number of amidine groups is 1. The van der Waals surface area contributed by atoms with Crippen LogP contribution in [0.3, 0.4) is 0 Å². The van der Waals surface area contributed by atoms with Gasteiger partial charge < -0.3 is 20.4 Å². The summed E-state index contributed by atoms with van der Waals surface area (Å²) in [7, 11) is 1.53. The molecule has 0 spiro atoms. The fraction of sp³-hybridized carbons (Fsp3) is 0.133. The molecular weight excluding hydrogens is 292 g/mol. The second kappa shape index (κ2) is 6.85. The van der Waals surface area contributed by atoms with Crippen LogP contribution in [0.15, 0.2) is 47.6 Å². The summed E-state index contributed by atoms with van der Waals surface area (Å²) >= 11 is 6.08. The summed E-state index contributed by atoms with van der Waals surface area (Å²) in [5.41, 5.74) is 6.96. The summed E-state index contributed by atoms with van der Waals surface area (Å²) in [6.45, 7) is 0.308. The van der Waals surface area contributed by atoms with E-state index in [4.69, 9.17) is 32.0 Å². The standard InChI is InChI=1S/C15H15ClN2O3/c1-20-12-6-11(15(17)18-19)7-13(8-12)21-9-10-4-2-3-5-14(10)16/h2-8,19H,9H2,1H3,(H2,17,18). The highest BCUT2D eigenvalue weighted by Crippen LogP contribution is 2.24. The monoisotopic (exact) mass is 306 g/mol. The maximum absolute atomic E-state index is 8.75. The van der Waals surface area contributed by atoms with Crippen LogP contribution in [0.2, 0.25) is 5.02 Å². The number of nitrogens with zero attached hydrogens (tertiary/aromatic N) is 1. The number of benzene rings is 2. The molecule has 3 N–H and O–H groups in total. The fourth-order valence-electron chi connectivity index (χ4n) is 1.76. The van der Waals surface area contributed by atoms with E-state index in [2.05, 4.69) is 5.16 Å². The highest BCUT2D eigenvalue weighted by molar-refractivity contribution is 6.31. The number of nitrogens with two attached hydrogens (primary N) is 1. The summed E-state index contributed by atoms with van der Waals surface area (Å²) in [5.74, 6) is 1.07. The molecule has 2 aromatic rings. The first-order chi connectivity index (χ1) is 10.1. The van der Waals surface area contributed by atoms with Crippen LogP contribution in [0.4, 0.5) is 0 Å². The van der Waals surface area contributed by atoms with Gasteiger partial charge in [-0.2, -0.15) is 0 Å². The Hall–Kier alpha value is -2.40. The molecule has 2 aromatic carbocycles. The number of halogens is 1. The van der Waals surface area contributed by atoms with Crippen molar-refractivity contribution in [1.29, 1.82) is 0 Å². The lowest BCUT2D eigenvalue weighted by atomic mass is 10.2. The van der Waals surface area contributed by atoms with E-state index < -0.39 is 0 Å². The molecule has 0 atom stereocenters. The van der Waals surface area contributed by atoms with Gasteiger partial charge in [-0.15, -0.1) is 0 Å². The minimum atomic E-state index is -0.0171. The van der Waals surface area contributed by atoms with E-state index >= 15 is 0 Å². The van der Waals surface area contributed by atoms with Crippen molar-refractivity contribution in [1.82, 2.24) is 0 Å². The van der Waals surface area contributed by atoms with Crippen LogP contribution in [0, 0.1) is 0 Å². The van der Waals surface area contributed by atoms with Crippen LogP contribution in [0.25, 0.3) is 0 Å². The highest BCUT2D eigenvalue weighted by atomic mass is 35.5. The molecule has 0 aromatic heterocycles. The van der Waals surface area contributed by atoms with E-state index in [1.807, 2.05) is 18.2 Å². The molecule has 0 radical (unpaired) electrons. The van der Waals surface area contributed by atoms with Gasteiger partial charge in [0.2, 0.25) is 0 Å². The van der Waals surface area contributed by atoms with Gasteiger partial charge in [0.25, 0.3) is 0 Å². The van der Waals surface area contributed by atoms with Crippen molar-refractivity contribution in [3.05, 3.63) is 58.6 Å². The molecule has 21 heavy (non-hydrogen) atoms. The number of hydrogen-bond acceptors (Lipinski definition) is 4. The lowest BCUT2D eigenvalue weighted by Gasteiger charge is -2.11. The number of methoxy groups -OCH3 is 1. The quantitative estimate of drug-likeness (QED) is 0.385. The number of ether oxygens (including phenoxy) is 2. The van der Waals surface area contributed by atoms with E-state index in [0.29, 0.717) is 28.7 Å². The van der Waals surface area contributed by atoms with Gasteiger partial charge in [0.1, 0.15) is 18.1 Å². The number of rotatable bonds is 5. The van der Waals surface area contributed by atoms with E-state index in [9.17, 15) is 0 Å². The molecular formula is C15H15ClN2O3. The average molecular weight is 307 g/mol. The SMILES string of the molecule is COc1cc(OCc2ccccc2Cl)cc(/C(N)=N/O)c1. The summed E-state index contributed by atoms with van der Waals surface area (Å²) in [4.78, 5) is 0. The first kappa shape index (κ1) is 15.0. The second-order valence-corrected chi connectivity index (χ2v) is 4.67. The van der Waals surface area contributed by atoms with Crippen molar-refractivity contribution >= 4 is 17.4 Å². The Balaban J connectivity index is 2.21. The maximum Gasteiger partial charge on any atom is 0.170 e. The average Bonchev–Trinajstić information content (AvgIpc) is 2.53. The molecule has 0 fully saturated rings. The van der Waals surface area contributed by atoms with E-state index in [1.165, 1.54) is 7.11 Å². The molecule has 6 heteroatoms. The third-order valence-corrected chi connectivity index (χ3v) is 3.24. The van der Waals surface area contributed by atoms with Crippen molar-refractivity contribution in [3.63, 3.8) is 0 Å². The van der Waals surface area contributed by atoms with Crippen LogP contribution in [-0.2, 0) is 6.61 Å². The molecule has 110 valence electrons. The van der Waals surface area contributed by atoms with Crippen molar-refractivity contribution in [3.8, 4) is 11.5 Å². The molecule has 0 bridgehead atoms. The van der Waals surface area contributed by atoms with E-state index in [1.54, 1.807) is 24.3 Å². The summed E-state index contributed by atoms with van der Waals surface area (Å²) in [5, 5.41) is 12.4. The predicted molar refractivity (Wildman–Crippen MR) is 81.3 cm³/mol. The summed E-state index contributed by atoms with van der Waals surface area (Å²) in [6, 6.07) is 12.4. The number of hydrogen-bond donors (Lipinski definition) is 2. The van der Waals surface area contributed by atoms with Gasteiger partial charge in [0.05, 0.1) is 7.11 Å². The van der Waals surface area contributed by atoms with Gasteiger partial charge in [-0.25, -0.2) is 0 Å². The molecule has 0 unspecified atom stereocenters. The Morgan fingerprint density at radius 1 is 1.24 bits per heavy atom. The van der Waals surface area contributed by atoms with Crippen molar-refractivity contribution in [2.45, 2.75) is 6.61 Å². The fourth-order valence-corrected chi connectivity index (χ4v) is 1.95.